The van der Waals surface area contributed by atoms with Gasteiger partial charge in [-0.2, -0.15) is 0 Å². The number of nitrogens with one attached hydrogen (secondary N) is 1. The Bertz CT molecular complexity index is 678. The van der Waals surface area contributed by atoms with Gasteiger partial charge in [-0.05, 0) is 50.3 Å². The Labute approximate surface area is 155 Å². The lowest BCUT2D eigenvalue weighted by Crippen LogP contribution is -2.43. The van der Waals surface area contributed by atoms with E-state index in [2.05, 4.69) is 10.1 Å². The van der Waals surface area contributed by atoms with Crippen molar-refractivity contribution in [3.05, 3.63) is 29.8 Å². The Kier molecular flexibility index (Phi) is 5.62. The molecule has 1 heterocycles. The second-order valence-electron chi connectivity index (χ2n) is 7.22. The molecule has 2 aliphatic rings. The number of rotatable bonds is 5. The third-order valence-corrected chi connectivity index (χ3v) is 5.08. The smallest absolute Gasteiger partial charge is 0.406 e. The molecule has 0 spiro atoms. The second-order valence-corrected chi connectivity index (χ2v) is 7.22. The molecule has 2 fully saturated rings. The molecule has 3 rings (SSSR count). The van der Waals surface area contributed by atoms with Gasteiger partial charge in [-0.25, -0.2) is 0 Å². The monoisotopic (exact) mass is 384 g/mol. The molecule has 0 radical (unpaired) electrons. The average Bonchev–Trinajstić information content (AvgIpc) is 3.45. The number of halogens is 3. The molecular weight excluding hydrogens is 361 g/mol. The first kappa shape index (κ1) is 19.5. The highest BCUT2D eigenvalue weighted by Gasteiger charge is 2.36. The standard InChI is InChI=1S/C19H23F3N2O3/c1-12(13-4-6-16(7-5-13)27-19(20,21)22)23-17(25)14-8-10-24(11-9-14)18(26)15-2-3-15/h4-7,12,14-15H,2-3,8-11H2,1H3,(H,23,25). The lowest BCUT2D eigenvalue weighted by atomic mass is 9.95. The molecule has 27 heavy (non-hydrogen) atoms. The van der Waals surface area contributed by atoms with Gasteiger partial charge in [0.1, 0.15) is 5.75 Å². The largest absolute Gasteiger partial charge is 0.573 e. The molecule has 1 atom stereocenters. The lowest BCUT2D eigenvalue weighted by Gasteiger charge is -2.32. The Hall–Kier alpha value is -2.25. The van der Waals surface area contributed by atoms with Crippen molar-refractivity contribution < 1.29 is 27.5 Å². The Morgan fingerprint density at radius 1 is 1.07 bits per heavy atom. The van der Waals surface area contributed by atoms with Crippen LogP contribution < -0.4 is 10.1 Å². The molecule has 1 aliphatic carbocycles. The minimum Gasteiger partial charge on any atom is -0.406 e. The van der Waals surface area contributed by atoms with Gasteiger partial charge in [0.25, 0.3) is 0 Å². The normalized spacial score (nSPS) is 19.5. The number of ether oxygens (including phenoxy) is 1. The van der Waals surface area contributed by atoms with E-state index in [4.69, 9.17) is 0 Å². The van der Waals surface area contributed by atoms with Gasteiger partial charge in [-0.15, -0.1) is 13.2 Å². The van der Waals surface area contributed by atoms with Crippen LogP contribution in [0.25, 0.3) is 0 Å². The SMILES string of the molecule is CC(NC(=O)C1CCN(C(=O)C2CC2)CC1)c1ccc(OC(F)(F)F)cc1. The molecule has 1 aromatic rings. The van der Waals surface area contributed by atoms with E-state index in [-0.39, 0.29) is 35.4 Å². The molecule has 1 saturated heterocycles. The highest BCUT2D eigenvalue weighted by Crippen LogP contribution is 2.32. The van der Waals surface area contributed by atoms with Crippen LogP contribution in [0.4, 0.5) is 13.2 Å². The van der Waals surface area contributed by atoms with Crippen molar-refractivity contribution >= 4 is 11.8 Å². The van der Waals surface area contributed by atoms with E-state index >= 15 is 0 Å². The van der Waals surface area contributed by atoms with Crippen LogP contribution in [0, 0.1) is 11.8 Å². The van der Waals surface area contributed by atoms with Crippen LogP contribution in [0.15, 0.2) is 24.3 Å². The molecule has 5 nitrogen and oxygen atoms in total. The number of nitrogens with zero attached hydrogens (tertiary/aromatic N) is 1. The molecule has 2 amide bonds. The zero-order chi connectivity index (χ0) is 19.6. The van der Waals surface area contributed by atoms with Crippen LogP contribution in [0.5, 0.6) is 5.75 Å². The van der Waals surface area contributed by atoms with E-state index in [0.29, 0.717) is 31.5 Å². The number of carbonyl (C=O) groups is 2. The van der Waals surface area contributed by atoms with E-state index < -0.39 is 6.36 Å². The topological polar surface area (TPSA) is 58.6 Å². The maximum atomic E-state index is 12.5. The maximum absolute atomic E-state index is 12.5. The summed E-state index contributed by atoms with van der Waals surface area (Å²) in [5.74, 6) is -0.124. The van der Waals surface area contributed by atoms with Crippen molar-refractivity contribution in [3.8, 4) is 5.75 Å². The van der Waals surface area contributed by atoms with Crippen molar-refractivity contribution in [1.82, 2.24) is 10.2 Å². The van der Waals surface area contributed by atoms with E-state index in [9.17, 15) is 22.8 Å². The van der Waals surface area contributed by atoms with Gasteiger partial charge in [0, 0.05) is 24.9 Å². The van der Waals surface area contributed by atoms with Crippen LogP contribution in [-0.2, 0) is 9.59 Å². The number of alkyl halides is 3. The van der Waals surface area contributed by atoms with Gasteiger partial charge in [0.2, 0.25) is 11.8 Å². The lowest BCUT2D eigenvalue weighted by molar-refractivity contribution is -0.274. The van der Waals surface area contributed by atoms with Gasteiger partial charge in [0.15, 0.2) is 0 Å². The molecule has 1 N–H and O–H groups in total. The Balaban J connectivity index is 1.48. The summed E-state index contributed by atoms with van der Waals surface area (Å²) >= 11 is 0. The van der Waals surface area contributed by atoms with Crippen molar-refractivity contribution in [2.75, 3.05) is 13.1 Å². The van der Waals surface area contributed by atoms with Crippen LogP contribution >= 0.6 is 0 Å². The highest BCUT2D eigenvalue weighted by molar-refractivity contribution is 5.82. The fourth-order valence-corrected chi connectivity index (χ4v) is 3.32. The van der Waals surface area contributed by atoms with E-state index in [0.717, 1.165) is 12.8 Å². The van der Waals surface area contributed by atoms with Gasteiger partial charge in [-0.3, -0.25) is 9.59 Å². The average molecular weight is 384 g/mol. The summed E-state index contributed by atoms with van der Waals surface area (Å²) in [6.45, 7) is 2.99. The van der Waals surface area contributed by atoms with E-state index in [1.165, 1.54) is 24.3 Å². The molecule has 0 aromatic heterocycles. The summed E-state index contributed by atoms with van der Waals surface area (Å²) in [5.41, 5.74) is 0.694. The van der Waals surface area contributed by atoms with E-state index in [1.54, 1.807) is 6.92 Å². The number of carbonyl (C=O) groups excluding carboxylic acids is 2. The third kappa shape index (κ3) is 5.37. The number of likely N-dealkylation sites (tertiary alicyclic amines) is 1. The number of hydrogen-bond acceptors (Lipinski definition) is 3. The summed E-state index contributed by atoms with van der Waals surface area (Å²) < 4.78 is 40.4. The quantitative estimate of drug-likeness (QED) is 0.846. The van der Waals surface area contributed by atoms with Gasteiger partial charge >= 0.3 is 6.36 Å². The highest BCUT2D eigenvalue weighted by atomic mass is 19.4. The number of amides is 2. The van der Waals surface area contributed by atoms with Gasteiger partial charge < -0.3 is 15.0 Å². The molecule has 1 saturated carbocycles. The molecule has 1 unspecified atom stereocenters. The summed E-state index contributed by atoms with van der Waals surface area (Å²) in [6, 6.07) is 5.14. The zero-order valence-electron chi connectivity index (χ0n) is 15.1. The zero-order valence-corrected chi connectivity index (χ0v) is 15.1. The summed E-state index contributed by atoms with van der Waals surface area (Å²) in [4.78, 5) is 26.4. The predicted molar refractivity (Wildman–Crippen MR) is 91.7 cm³/mol. The van der Waals surface area contributed by atoms with Crippen molar-refractivity contribution in [2.45, 2.75) is 45.0 Å². The molecule has 1 aromatic carbocycles. The van der Waals surface area contributed by atoms with Gasteiger partial charge in [-0.1, -0.05) is 12.1 Å². The number of piperidine rings is 1. The summed E-state index contributed by atoms with van der Waals surface area (Å²) in [5, 5.41) is 2.91. The molecule has 1 aliphatic heterocycles. The first-order chi connectivity index (χ1) is 12.7. The van der Waals surface area contributed by atoms with Crippen LogP contribution in [0.1, 0.15) is 44.2 Å². The fraction of sp³-hybridized carbons (Fsp3) is 0.579. The van der Waals surface area contributed by atoms with Crippen LogP contribution in [0.2, 0.25) is 0 Å². The van der Waals surface area contributed by atoms with E-state index in [1.807, 2.05) is 4.90 Å². The maximum Gasteiger partial charge on any atom is 0.573 e. The predicted octanol–water partition coefficient (Wildman–Crippen LogP) is 3.41. The van der Waals surface area contributed by atoms with Crippen LogP contribution in [0.3, 0.4) is 0 Å². The molecule has 0 bridgehead atoms. The Morgan fingerprint density at radius 2 is 1.67 bits per heavy atom. The minimum atomic E-state index is -4.73. The fourth-order valence-electron chi connectivity index (χ4n) is 3.32. The molecule has 148 valence electrons. The second kappa shape index (κ2) is 7.78. The van der Waals surface area contributed by atoms with Crippen molar-refractivity contribution in [3.63, 3.8) is 0 Å². The number of hydrogen-bond donors (Lipinski definition) is 1. The van der Waals surface area contributed by atoms with Gasteiger partial charge in [0.05, 0.1) is 6.04 Å². The van der Waals surface area contributed by atoms with Crippen molar-refractivity contribution in [2.24, 2.45) is 11.8 Å². The minimum absolute atomic E-state index is 0.0864. The van der Waals surface area contributed by atoms with Crippen LogP contribution in [-0.4, -0.2) is 36.2 Å². The molecular formula is C19H23F3N2O3. The first-order valence-electron chi connectivity index (χ1n) is 9.18. The Morgan fingerprint density at radius 3 is 2.19 bits per heavy atom. The summed E-state index contributed by atoms with van der Waals surface area (Å²) in [7, 11) is 0. The third-order valence-electron chi connectivity index (χ3n) is 5.08. The van der Waals surface area contributed by atoms with Crippen molar-refractivity contribution in [1.29, 1.82) is 0 Å². The molecule has 8 heteroatoms. The first-order valence-corrected chi connectivity index (χ1v) is 9.18. The summed E-state index contributed by atoms with van der Waals surface area (Å²) in [6.07, 6.45) is -1.50. The number of benzene rings is 1.